The summed E-state index contributed by atoms with van der Waals surface area (Å²) in [4.78, 5) is 15.4. The Morgan fingerprint density at radius 1 is 1.03 bits per heavy atom. The number of likely N-dealkylation sites (tertiary alicyclic amines) is 1. The number of ether oxygens (including phenoxy) is 2. The van der Waals surface area contributed by atoms with E-state index in [0.29, 0.717) is 18.8 Å². The molecule has 3 heterocycles. The highest BCUT2D eigenvalue weighted by molar-refractivity contribution is 6.00. The van der Waals surface area contributed by atoms with Gasteiger partial charge in [-0.25, -0.2) is 0 Å². The largest absolute Gasteiger partial charge is 0.490 e. The molecule has 1 aromatic heterocycles. The zero-order valence-corrected chi connectivity index (χ0v) is 16.1. The lowest BCUT2D eigenvalue weighted by atomic mass is 10.0. The molecule has 1 N–H and O–H groups in total. The average Bonchev–Trinajstić information content (AvgIpc) is 3.39. The number of amides is 1. The molecule has 2 aliphatic rings. The Morgan fingerprint density at radius 3 is 2.72 bits per heavy atom. The molecule has 0 bridgehead atoms. The van der Waals surface area contributed by atoms with E-state index < -0.39 is 0 Å². The number of nitrogens with zero attached hydrogens (tertiary/aromatic N) is 2. The molecular formula is C23H23N3O3. The number of rotatable bonds is 3. The molecule has 3 aromatic rings. The maximum absolute atomic E-state index is 13.4. The van der Waals surface area contributed by atoms with Crippen molar-refractivity contribution in [2.24, 2.45) is 0 Å². The average molecular weight is 389 g/mol. The Labute approximate surface area is 169 Å². The summed E-state index contributed by atoms with van der Waals surface area (Å²) in [5, 5.41) is 7.14. The van der Waals surface area contributed by atoms with E-state index in [2.05, 4.69) is 16.3 Å². The lowest BCUT2D eigenvalue weighted by molar-refractivity contribution is 0.0736. The van der Waals surface area contributed by atoms with Gasteiger partial charge in [0.2, 0.25) is 0 Å². The van der Waals surface area contributed by atoms with Crippen molar-refractivity contribution in [3.63, 3.8) is 0 Å². The van der Waals surface area contributed by atoms with E-state index in [4.69, 9.17) is 9.47 Å². The van der Waals surface area contributed by atoms with Crippen molar-refractivity contribution < 1.29 is 14.3 Å². The van der Waals surface area contributed by atoms with Crippen molar-refractivity contribution in [2.45, 2.75) is 25.3 Å². The number of fused-ring (bicyclic) bond motifs is 1. The van der Waals surface area contributed by atoms with E-state index in [0.717, 1.165) is 54.1 Å². The molecule has 1 fully saturated rings. The summed E-state index contributed by atoms with van der Waals surface area (Å²) in [6.07, 6.45) is 4.42. The van der Waals surface area contributed by atoms with Gasteiger partial charge in [-0.2, -0.15) is 5.10 Å². The number of carbonyl (C=O) groups excluding carboxylic acids is 1. The van der Waals surface area contributed by atoms with Crippen LogP contribution in [0.1, 0.15) is 41.2 Å². The van der Waals surface area contributed by atoms with E-state index in [1.165, 1.54) is 0 Å². The van der Waals surface area contributed by atoms with Crippen LogP contribution in [-0.4, -0.2) is 40.8 Å². The first-order valence-corrected chi connectivity index (χ1v) is 10.1. The van der Waals surface area contributed by atoms with Crippen molar-refractivity contribution >= 4 is 5.91 Å². The van der Waals surface area contributed by atoms with Crippen LogP contribution < -0.4 is 9.47 Å². The van der Waals surface area contributed by atoms with Gasteiger partial charge in [0.1, 0.15) is 0 Å². The van der Waals surface area contributed by atoms with Crippen molar-refractivity contribution in [2.75, 3.05) is 19.8 Å². The van der Waals surface area contributed by atoms with Crippen LogP contribution in [0.3, 0.4) is 0 Å². The molecule has 2 aliphatic heterocycles. The third kappa shape index (κ3) is 3.35. The molecule has 2 aromatic carbocycles. The second kappa shape index (κ2) is 7.62. The van der Waals surface area contributed by atoms with Gasteiger partial charge in [-0.3, -0.25) is 9.89 Å². The van der Waals surface area contributed by atoms with Gasteiger partial charge in [-0.1, -0.05) is 36.4 Å². The third-order valence-electron chi connectivity index (χ3n) is 5.60. The zero-order valence-electron chi connectivity index (χ0n) is 16.1. The lowest BCUT2D eigenvalue weighted by Crippen LogP contribution is -2.30. The second-order valence-corrected chi connectivity index (χ2v) is 7.44. The maximum atomic E-state index is 13.4. The number of hydrogen-bond donors (Lipinski definition) is 1. The van der Waals surface area contributed by atoms with Crippen LogP contribution in [0.4, 0.5) is 0 Å². The fraction of sp³-hybridized carbons (Fsp3) is 0.304. The van der Waals surface area contributed by atoms with E-state index in [1.807, 2.05) is 47.4 Å². The summed E-state index contributed by atoms with van der Waals surface area (Å²) in [6, 6.07) is 15.9. The highest BCUT2D eigenvalue weighted by Gasteiger charge is 2.33. The van der Waals surface area contributed by atoms with Gasteiger partial charge < -0.3 is 14.4 Å². The number of aromatic amines is 1. The first-order chi connectivity index (χ1) is 14.3. The van der Waals surface area contributed by atoms with E-state index in [1.54, 1.807) is 6.20 Å². The SMILES string of the molecule is O=C(c1cn[nH]c1-c1ccccc1)N1CCC[C@H]1c1ccc2c(c1)OCCCO2. The molecule has 0 spiro atoms. The fourth-order valence-corrected chi connectivity index (χ4v) is 4.17. The van der Waals surface area contributed by atoms with Gasteiger partial charge >= 0.3 is 0 Å². The molecule has 148 valence electrons. The number of nitrogens with one attached hydrogen (secondary N) is 1. The molecular weight excluding hydrogens is 366 g/mol. The first-order valence-electron chi connectivity index (χ1n) is 10.1. The molecule has 0 radical (unpaired) electrons. The van der Waals surface area contributed by atoms with Crippen molar-refractivity contribution in [1.29, 1.82) is 0 Å². The van der Waals surface area contributed by atoms with Gasteiger partial charge in [0, 0.05) is 18.5 Å². The van der Waals surface area contributed by atoms with Crippen LogP contribution in [0, 0.1) is 0 Å². The minimum atomic E-state index is 0.00668. The van der Waals surface area contributed by atoms with Crippen LogP contribution >= 0.6 is 0 Å². The molecule has 0 aliphatic carbocycles. The minimum Gasteiger partial charge on any atom is -0.490 e. The number of H-pyrrole nitrogens is 1. The summed E-state index contributed by atoms with van der Waals surface area (Å²) in [5.74, 6) is 1.56. The fourth-order valence-electron chi connectivity index (χ4n) is 4.17. The molecule has 1 saturated heterocycles. The quantitative estimate of drug-likeness (QED) is 0.728. The van der Waals surface area contributed by atoms with Crippen LogP contribution in [0.2, 0.25) is 0 Å². The number of hydrogen-bond acceptors (Lipinski definition) is 4. The molecule has 0 saturated carbocycles. The number of aromatic nitrogens is 2. The van der Waals surface area contributed by atoms with Crippen molar-refractivity contribution in [1.82, 2.24) is 15.1 Å². The second-order valence-electron chi connectivity index (χ2n) is 7.44. The highest BCUT2D eigenvalue weighted by Crippen LogP contribution is 2.39. The number of carbonyl (C=O) groups is 1. The standard InChI is InChI=1S/C23H23N3O3/c27-23(18-15-24-25-22(18)16-6-2-1-3-7-16)26-11-4-8-19(26)17-9-10-20-21(14-17)29-13-5-12-28-20/h1-3,6-7,9-10,14-15,19H,4-5,8,11-13H2,(H,24,25)/t19-/m0/s1. The predicted molar refractivity (Wildman–Crippen MR) is 109 cm³/mol. The molecule has 1 atom stereocenters. The highest BCUT2D eigenvalue weighted by atomic mass is 16.5. The molecule has 0 unspecified atom stereocenters. The molecule has 29 heavy (non-hydrogen) atoms. The van der Waals surface area contributed by atoms with Crippen LogP contribution in [0.25, 0.3) is 11.3 Å². The van der Waals surface area contributed by atoms with Gasteiger partial charge in [0.05, 0.1) is 36.7 Å². The van der Waals surface area contributed by atoms with Crippen LogP contribution in [0.5, 0.6) is 11.5 Å². The Balaban J connectivity index is 1.44. The van der Waals surface area contributed by atoms with Gasteiger partial charge in [-0.05, 0) is 30.5 Å². The molecule has 6 heteroatoms. The molecule has 6 nitrogen and oxygen atoms in total. The summed E-state index contributed by atoms with van der Waals surface area (Å²) in [5.41, 5.74) is 3.42. The Kier molecular flexibility index (Phi) is 4.68. The summed E-state index contributed by atoms with van der Waals surface area (Å²) >= 11 is 0. The zero-order chi connectivity index (χ0) is 19.6. The Hall–Kier alpha value is -3.28. The van der Waals surface area contributed by atoms with Crippen LogP contribution in [0.15, 0.2) is 54.7 Å². The van der Waals surface area contributed by atoms with Gasteiger partial charge in [0.15, 0.2) is 11.5 Å². The van der Waals surface area contributed by atoms with Crippen LogP contribution in [-0.2, 0) is 0 Å². The minimum absolute atomic E-state index is 0.00668. The summed E-state index contributed by atoms with van der Waals surface area (Å²) < 4.78 is 11.6. The van der Waals surface area contributed by atoms with Gasteiger partial charge in [0.25, 0.3) is 5.91 Å². The summed E-state index contributed by atoms with van der Waals surface area (Å²) in [6.45, 7) is 2.06. The smallest absolute Gasteiger partial charge is 0.258 e. The molecule has 1 amide bonds. The first kappa shape index (κ1) is 17.8. The van der Waals surface area contributed by atoms with Gasteiger partial charge in [-0.15, -0.1) is 0 Å². The van der Waals surface area contributed by atoms with Crippen molar-refractivity contribution in [3.05, 3.63) is 65.9 Å². The summed E-state index contributed by atoms with van der Waals surface area (Å²) in [7, 11) is 0. The van der Waals surface area contributed by atoms with Crippen molar-refractivity contribution in [3.8, 4) is 22.8 Å². The molecule has 5 rings (SSSR count). The number of benzene rings is 2. The van der Waals surface area contributed by atoms with E-state index >= 15 is 0 Å². The third-order valence-corrected chi connectivity index (χ3v) is 5.60. The topological polar surface area (TPSA) is 67.5 Å². The Bertz CT molecular complexity index is 1020. The maximum Gasteiger partial charge on any atom is 0.258 e. The monoisotopic (exact) mass is 389 g/mol. The van der Waals surface area contributed by atoms with E-state index in [9.17, 15) is 4.79 Å². The van der Waals surface area contributed by atoms with E-state index in [-0.39, 0.29) is 11.9 Å². The normalized spacial score (nSPS) is 18.5. The Morgan fingerprint density at radius 2 is 1.86 bits per heavy atom. The predicted octanol–water partition coefficient (Wildman–Crippen LogP) is 4.22. The lowest BCUT2D eigenvalue weighted by Gasteiger charge is -2.25.